The molecule has 2 bridgehead atoms. The summed E-state index contributed by atoms with van der Waals surface area (Å²) in [5.74, 6) is -3.04. The predicted octanol–water partition coefficient (Wildman–Crippen LogP) is 2.07. The van der Waals surface area contributed by atoms with Crippen molar-refractivity contribution >= 4 is 23.5 Å². The Morgan fingerprint density at radius 1 is 0.955 bits per heavy atom. The molecule has 1 aromatic carbocycles. The van der Waals surface area contributed by atoms with E-state index >= 15 is 0 Å². The van der Waals surface area contributed by atoms with Crippen LogP contribution < -0.4 is 5.32 Å². The minimum atomic E-state index is -1.03. The Hall–Kier alpha value is -2.37. The molecule has 0 spiro atoms. The quantitative estimate of drug-likeness (QED) is 0.790. The molecule has 4 atom stereocenters. The van der Waals surface area contributed by atoms with E-state index in [1.54, 1.807) is 0 Å². The lowest BCUT2D eigenvalue weighted by atomic mass is 9.78. The summed E-state index contributed by atoms with van der Waals surface area (Å²) in [6.07, 6.45) is 2.61. The highest BCUT2D eigenvalue weighted by molar-refractivity contribution is 5.96. The summed E-state index contributed by atoms with van der Waals surface area (Å²) >= 11 is 0. The molecular formula is C16H17NO5. The SMILES string of the molecule is O=C(O)c1ccc(NC(=O)[C@@H]2[C@H]3CC[C@@H](C3)[C@H]2C(=O)O)cc1. The number of aliphatic carboxylic acids is 1. The van der Waals surface area contributed by atoms with E-state index in [4.69, 9.17) is 5.11 Å². The summed E-state index contributed by atoms with van der Waals surface area (Å²) in [5, 5.41) is 20.9. The average molecular weight is 303 g/mol. The normalized spacial score (nSPS) is 29.3. The Bertz CT molecular complexity index is 624. The van der Waals surface area contributed by atoms with Gasteiger partial charge >= 0.3 is 11.9 Å². The first kappa shape index (κ1) is 14.6. The van der Waals surface area contributed by atoms with Gasteiger partial charge in [0.1, 0.15) is 0 Å². The number of rotatable bonds is 4. The molecule has 0 heterocycles. The van der Waals surface area contributed by atoms with Gasteiger partial charge in [-0.2, -0.15) is 0 Å². The first-order valence-corrected chi connectivity index (χ1v) is 7.34. The number of nitrogens with one attached hydrogen (secondary N) is 1. The minimum absolute atomic E-state index is 0.104. The molecule has 0 unspecified atom stereocenters. The number of benzene rings is 1. The highest BCUT2D eigenvalue weighted by Crippen LogP contribution is 2.52. The van der Waals surface area contributed by atoms with Gasteiger partial charge in [-0.1, -0.05) is 0 Å². The molecule has 2 fully saturated rings. The molecule has 2 aliphatic carbocycles. The molecule has 0 aliphatic heterocycles. The summed E-state index contributed by atoms with van der Waals surface area (Å²) in [7, 11) is 0. The molecule has 22 heavy (non-hydrogen) atoms. The van der Waals surface area contributed by atoms with Gasteiger partial charge in [0, 0.05) is 5.69 Å². The summed E-state index contributed by atoms with van der Waals surface area (Å²) in [6, 6.07) is 5.86. The largest absolute Gasteiger partial charge is 0.481 e. The van der Waals surface area contributed by atoms with E-state index in [-0.39, 0.29) is 23.3 Å². The van der Waals surface area contributed by atoms with Crippen LogP contribution in [0.2, 0.25) is 0 Å². The second-order valence-corrected chi connectivity index (χ2v) is 6.09. The van der Waals surface area contributed by atoms with Crippen LogP contribution >= 0.6 is 0 Å². The molecule has 0 saturated heterocycles. The summed E-state index contributed by atoms with van der Waals surface area (Å²) in [4.78, 5) is 34.7. The van der Waals surface area contributed by atoms with Crippen LogP contribution in [0, 0.1) is 23.7 Å². The smallest absolute Gasteiger partial charge is 0.335 e. The van der Waals surface area contributed by atoms with Crippen LogP contribution in [0.4, 0.5) is 5.69 Å². The Labute approximate surface area is 127 Å². The lowest BCUT2D eigenvalue weighted by Gasteiger charge is -2.27. The molecule has 6 nitrogen and oxygen atoms in total. The maximum atomic E-state index is 12.4. The number of amides is 1. The number of carbonyl (C=O) groups excluding carboxylic acids is 1. The van der Waals surface area contributed by atoms with Gasteiger partial charge in [0.15, 0.2) is 0 Å². The number of aromatic carboxylic acids is 1. The van der Waals surface area contributed by atoms with Gasteiger partial charge in [-0.15, -0.1) is 0 Å². The lowest BCUT2D eigenvalue weighted by molar-refractivity contribution is -0.148. The molecule has 0 radical (unpaired) electrons. The van der Waals surface area contributed by atoms with Crippen LogP contribution in [0.3, 0.4) is 0 Å². The Morgan fingerprint density at radius 2 is 1.55 bits per heavy atom. The van der Waals surface area contributed by atoms with E-state index in [1.807, 2.05) is 0 Å². The van der Waals surface area contributed by atoms with Gasteiger partial charge in [-0.3, -0.25) is 9.59 Å². The number of carboxylic acids is 2. The zero-order chi connectivity index (χ0) is 15.9. The summed E-state index contributed by atoms with van der Waals surface area (Å²) < 4.78 is 0. The number of hydrogen-bond acceptors (Lipinski definition) is 3. The average Bonchev–Trinajstić information content (AvgIpc) is 3.08. The van der Waals surface area contributed by atoms with Crippen molar-refractivity contribution in [2.45, 2.75) is 19.3 Å². The van der Waals surface area contributed by atoms with Crippen LogP contribution in [0.25, 0.3) is 0 Å². The van der Waals surface area contributed by atoms with E-state index in [1.165, 1.54) is 24.3 Å². The first-order valence-electron chi connectivity index (χ1n) is 7.34. The van der Waals surface area contributed by atoms with Gasteiger partial charge in [-0.05, 0) is 55.4 Å². The molecule has 3 rings (SSSR count). The van der Waals surface area contributed by atoms with Crippen LogP contribution in [0.5, 0.6) is 0 Å². The fraction of sp³-hybridized carbons (Fsp3) is 0.438. The minimum Gasteiger partial charge on any atom is -0.481 e. The van der Waals surface area contributed by atoms with E-state index in [0.29, 0.717) is 5.69 Å². The van der Waals surface area contributed by atoms with Gasteiger partial charge < -0.3 is 15.5 Å². The zero-order valence-corrected chi connectivity index (χ0v) is 11.9. The fourth-order valence-electron chi connectivity index (χ4n) is 3.95. The van der Waals surface area contributed by atoms with Gasteiger partial charge in [-0.25, -0.2) is 4.79 Å². The molecule has 116 valence electrons. The standard InChI is InChI=1S/C16H17NO5/c18-14(17-11-5-3-8(4-6-11)15(19)20)12-9-1-2-10(7-9)13(12)16(21)22/h3-6,9-10,12-13H,1-2,7H2,(H,17,18)(H,19,20)(H,21,22)/t9-,10-,12+,13+/m0/s1. The number of carboxylic acid groups (broad SMARTS) is 2. The lowest BCUT2D eigenvalue weighted by Crippen LogP contribution is -2.37. The van der Waals surface area contributed by atoms with Crippen molar-refractivity contribution in [2.75, 3.05) is 5.32 Å². The number of hydrogen-bond donors (Lipinski definition) is 3. The van der Waals surface area contributed by atoms with Crippen molar-refractivity contribution in [1.82, 2.24) is 0 Å². The van der Waals surface area contributed by atoms with Crippen LogP contribution in [-0.2, 0) is 9.59 Å². The predicted molar refractivity (Wildman–Crippen MR) is 77.5 cm³/mol. The molecule has 2 aliphatic rings. The Balaban J connectivity index is 1.73. The monoisotopic (exact) mass is 303 g/mol. The molecular weight excluding hydrogens is 286 g/mol. The fourth-order valence-corrected chi connectivity index (χ4v) is 3.95. The summed E-state index contributed by atoms with van der Waals surface area (Å²) in [6.45, 7) is 0. The highest BCUT2D eigenvalue weighted by atomic mass is 16.4. The third-order valence-electron chi connectivity index (χ3n) is 4.90. The van der Waals surface area contributed by atoms with Crippen LogP contribution in [0.15, 0.2) is 24.3 Å². The summed E-state index contributed by atoms with van der Waals surface area (Å²) in [5.41, 5.74) is 0.628. The Kier molecular flexibility index (Phi) is 3.60. The highest BCUT2D eigenvalue weighted by Gasteiger charge is 2.53. The van der Waals surface area contributed by atoms with Crippen molar-refractivity contribution in [1.29, 1.82) is 0 Å². The van der Waals surface area contributed by atoms with Gasteiger partial charge in [0.05, 0.1) is 17.4 Å². The van der Waals surface area contributed by atoms with E-state index in [9.17, 15) is 19.5 Å². The Morgan fingerprint density at radius 3 is 2.09 bits per heavy atom. The zero-order valence-electron chi connectivity index (χ0n) is 11.9. The van der Waals surface area contributed by atoms with Crippen LogP contribution in [0.1, 0.15) is 29.6 Å². The van der Waals surface area contributed by atoms with Crippen molar-refractivity contribution < 1.29 is 24.6 Å². The molecule has 3 N–H and O–H groups in total. The van der Waals surface area contributed by atoms with Gasteiger partial charge in [0.2, 0.25) is 5.91 Å². The van der Waals surface area contributed by atoms with Crippen LogP contribution in [-0.4, -0.2) is 28.1 Å². The van der Waals surface area contributed by atoms with Crippen molar-refractivity contribution in [3.63, 3.8) is 0 Å². The number of fused-ring (bicyclic) bond motifs is 2. The van der Waals surface area contributed by atoms with Crippen molar-refractivity contribution in [3.8, 4) is 0 Å². The number of anilines is 1. The molecule has 2 saturated carbocycles. The molecule has 1 aromatic rings. The first-order chi connectivity index (χ1) is 10.5. The molecule has 1 amide bonds. The van der Waals surface area contributed by atoms with Crippen molar-refractivity contribution in [2.24, 2.45) is 23.7 Å². The second-order valence-electron chi connectivity index (χ2n) is 6.09. The van der Waals surface area contributed by atoms with Crippen molar-refractivity contribution in [3.05, 3.63) is 29.8 Å². The van der Waals surface area contributed by atoms with E-state index in [2.05, 4.69) is 5.32 Å². The topological polar surface area (TPSA) is 104 Å². The third kappa shape index (κ3) is 2.45. The van der Waals surface area contributed by atoms with Gasteiger partial charge in [0.25, 0.3) is 0 Å². The third-order valence-corrected chi connectivity index (χ3v) is 4.90. The van der Waals surface area contributed by atoms with E-state index < -0.39 is 23.8 Å². The molecule has 6 heteroatoms. The maximum absolute atomic E-state index is 12.4. The van der Waals surface area contributed by atoms with E-state index in [0.717, 1.165) is 19.3 Å². The molecule has 0 aromatic heterocycles. The maximum Gasteiger partial charge on any atom is 0.335 e. The second kappa shape index (κ2) is 5.44. The number of carbonyl (C=O) groups is 3.